The Bertz CT molecular complexity index is 533. The molecular weight excluding hydrogens is 253 g/mol. The average Bonchev–Trinajstić information content (AvgIpc) is 2.38. The number of benzene rings is 2. The Balaban J connectivity index is 2.03. The van der Waals surface area contributed by atoms with E-state index in [0.29, 0.717) is 5.02 Å². The minimum absolute atomic E-state index is 0.199. The van der Waals surface area contributed by atoms with E-state index in [-0.39, 0.29) is 12.1 Å². The van der Waals surface area contributed by atoms with Gasteiger partial charge in [0.25, 0.3) is 0 Å². The van der Waals surface area contributed by atoms with Gasteiger partial charge in [0.2, 0.25) is 0 Å². The zero-order chi connectivity index (χ0) is 13.0. The van der Waals surface area contributed by atoms with Crippen molar-refractivity contribution in [2.75, 3.05) is 11.9 Å². The molecule has 0 fully saturated rings. The lowest BCUT2D eigenvalue weighted by atomic mass is 10.1. The number of para-hydroxylation sites is 1. The number of hydrogen-bond donors (Lipinski definition) is 2. The molecule has 2 rings (SSSR count). The molecule has 2 aromatic carbocycles. The topological polar surface area (TPSA) is 32.3 Å². The van der Waals surface area contributed by atoms with E-state index < -0.39 is 11.9 Å². The third-order valence-corrected chi connectivity index (χ3v) is 2.95. The van der Waals surface area contributed by atoms with E-state index in [0.717, 1.165) is 5.69 Å². The minimum Gasteiger partial charge on any atom is -0.386 e. The molecule has 18 heavy (non-hydrogen) atoms. The first-order valence-electron chi connectivity index (χ1n) is 5.59. The molecular formula is C14H13ClFNO. The molecule has 2 nitrogen and oxygen atoms in total. The second kappa shape index (κ2) is 5.85. The summed E-state index contributed by atoms with van der Waals surface area (Å²) in [7, 11) is 0. The van der Waals surface area contributed by atoms with Crippen LogP contribution in [0.25, 0.3) is 0 Å². The molecule has 0 radical (unpaired) electrons. The van der Waals surface area contributed by atoms with Gasteiger partial charge in [0.15, 0.2) is 0 Å². The summed E-state index contributed by atoms with van der Waals surface area (Å²) in [4.78, 5) is 0. The molecule has 0 heterocycles. The number of rotatable bonds is 4. The monoisotopic (exact) mass is 265 g/mol. The van der Waals surface area contributed by atoms with Gasteiger partial charge in [-0.2, -0.15) is 0 Å². The van der Waals surface area contributed by atoms with Gasteiger partial charge in [0, 0.05) is 12.1 Å². The summed E-state index contributed by atoms with van der Waals surface area (Å²) >= 11 is 5.97. The van der Waals surface area contributed by atoms with Crippen LogP contribution in [0.15, 0.2) is 48.5 Å². The predicted molar refractivity (Wildman–Crippen MR) is 71.3 cm³/mol. The van der Waals surface area contributed by atoms with Crippen molar-refractivity contribution in [3.8, 4) is 0 Å². The zero-order valence-electron chi connectivity index (χ0n) is 9.61. The number of aliphatic hydroxyl groups excluding tert-OH is 1. The van der Waals surface area contributed by atoms with E-state index in [1.165, 1.54) is 6.07 Å². The Morgan fingerprint density at radius 1 is 1.11 bits per heavy atom. The summed E-state index contributed by atoms with van der Waals surface area (Å²) in [5.41, 5.74) is 0.992. The first-order chi connectivity index (χ1) is 8.68. The van der Waals surface area contributed by atoms with Gasteiger partial charge in [-0.15, -0.1) is 0 Å². The lowest BCUT2D eigenvalue weighted by Gasteiger charge is -2.14. The summed E-state index contributed by atoms with van der Waals surface area (Å²) in [5, 5.41) is 13.5. The predicted octanol–water partition coefficient (Wildman–Crippen LogP) is 3.62. The SMILES string of the molecule is OC(CNc1ccccc1Cl)c1ccccc1F. The number of aliphatic hydroxyl groups is 1. The standard InChI is InChI=1S/C14H13ClFNO/c15-11-6-2-4-8-13(11)17-9-14(18)10-5-1-3-7-12(10)16/h1-8,14,17-18H,9H2. The van der Waals surface area contributed by atoms with Crippen molar-refractivity contribution in [3.05, 3.63) is 64.9 Å². The third-order valence-electron chi connectivity index (χ3n) is 2.62. The third kappa shape index (κ3) is 3.00. The minimum atomic E-state index is -0.914. The van der Waals surface area contributed by atoms with Crippen molar-refractivity contribution in [1.82, 2.24) is 0 Å². The molecule has 0 aliphatic carbocycles. The molecule has 1 unspecified atom stereocenters. The Morgan fingerprint density at radius 2 is 1.78 bits per heavy atom. The molecule has 0 bridgehead atoms. The Hall–Kier alpha value is -1.58. The van der Waals surface area contributed by atoms with Crippen LogP contribution in [0, 0.1) is 5.82 Å². The number of nitrogens with one attached hydrogen (secondary N) is 1. The maximum absolute atomic E-state index is 13.4. The van der Waals surface area contributed by atoms with Crippen molar-refractivity contribution in [1.29, 1.82) is 0 Å². The lowest BCUT2D eigenvalue weighted by Crippen LogP contribution is -2.13. The fraction of sp³-hybridized carbons (Fsp3) is 0.143. The molecule has 2 N–H and O–H groups in total. The second-order valence-electron chi connectivity index (χ2n) is 3.90. The van der Waals surface area contributed by atoms with Crippen molar-refractivity contribution < 1.29 is 9.50 Å². The van der Waals surface area contributed by atoms with E-state index in [9.17, 15) is 9.50 Å². The smallest absolute Gasteiger partial charge is 0.129 e. The number of anilines is 1. The van der Waals surface area contributed by atoms with Gasteiger partial charge in [-0.25, -0.2) is 4.39 Å². The average molecular weight is 266 g/mol. The summed E-state index contributed by atoms with van der Waals surface area (Å²) < 4.78 is 13.4. The van der Waals surface area contributed by atoms with Gasteiger partial charge in [-0.1, -0.05) is 41.9 Å². The summed E-state index contributed by atoms with van der Waals surface area (Å²) in [5.74, 6) is -0.411. The van der Waals surface area contributed by atoms with Crippen molar-refractivity contribution in [2.24, 2.45) is 0 Å². The van der Waals surface area contributed by atoms with Gasteiger partial charge in [0.1, 0.15) is 5.82 Å². The number of halogens is 2. The van der Waals surface area contributed by atoms with E-state index in [1.807, 2.05) is 12.1 Å². The highest BCUT2D eigenvalue weighted by Crippen LogP contribution is 2.22. The molecule has 0 saturated heterocycles. The molecule has 0 aliphatic heterocycles. The summed E-state index contributed by atoms with van der Waals surface area (Å²) in [6.45, 7) is 0.199. The van der Waals surface area contributed by atoms with E-state index in [2.05, 4.69) is 5.32 Å². The van der Waals surface area contributed by atoms with Crippen LogP contribution < -0.4 is 5.32 Å². The first kappa shape index (κ1) is 12.9. The molecule has 2 aromatic rings. The summed E-state index contributed by atoms with van der Waals surface area (Å²) in [6, 6.07) is 13.4. The molecule has 0 aliphatic rings. The van der Waals surface area contributed by atoms with Crippen molar-refractivity contribution in [2.45, 2.75) is 6.10 Å². The normalized spacial score (nSPS) is 12.2. The van der Waals surface area contributed by atoms with Gasteiger partial charge >= 0.3 is 0 Å². The highest BCUT2D eigenvalue weighted by molar-refractivity contribution is 6.33. The Labute approximate surface area is 110 Å². The van der Waals surface area contributed by atoms with Gasteiger partial charge in [-0.3, -0.25) is 0 Å². The number of hydrogen-bond acceptors (Lipinski definition) is 2. The molecule has 94 valence electrons. The second-order valence-corrected chi connectivity index (χ2v) is 4.31. The lowest BCUT2D eigenvalue weighted by molar-refractivity contribution is 0.186. The maximum Gasteiger partial charge on any atom is 0.129 e. The molecule has 0 aromatic heterocycles. The van der Waals surface area contributed by atoms with Gasteiger partial charge < -0.3 is 10.4 Å². The van der Waals surface area contributed by atoms with Crippen LogP contribution in [0.2, 0.25) is 5.02 Å². The molecule has 0 amide bonds. The zero-order valence-corrected chi connectivity index (χ0v) is 10.4. The Morgan fingerprint density at radius 3 is 2.50 bits per heavy atom. The Kier molecular flexibility index (Phi) is 4.18. The van der Waals surface area contributed by atoms with E-state index in [4.69, 9.17) is 11.6 Å². The van der Waals surface area contributed by atoms with Crippen molar-refractivity contribution in [3.63, 3.8) is 0 Å². The molecule has 1 atom stereocenters. The van der Waals surface area contributed by atoms with Crippen LogP contribution in [0.5, 0.6) is 0 Å². The summed E-state index contributed by atoms with van der Waals surface area (Å²) in [6.07, 6.45) is -0.914. The largest absolute Gasteiger partial charge is 0.386 e. The van der Waals surface area contributed by atoms with Crippen LogP contribution in [-0.2, 0) is 0 Å². The first-order valence-corrected chi connectivity index (χ1v) is 5.97. The van der Waals surface area contributed by atoms with Gasteiger partial charge in [0.05, 0.1) is 16.8 Å². The van der Waals surface area contributed by atoms with Crippen LogP contribution in [0.4, 0.5) is 10.1 Å². The highest BCUT2D eigenvalue weighted by Gasteiger charge is 2.12. The van der Waals surface area contributed by atoms with Crippen LogP contribution in [-0.4, -0.2) is 11.7 Å². The van der Waals surface area contributed by atoms with E-state index >= 15 is 0 Å². The van der Waals surface area contributed by atoms with Crippen LogP contribution >= 0.6 is 11.6 Å². The fourth-order valence-corrected chi connectivity index (χ4v) is 1.87. The molecule has 0 spiro atoms. The molecule has 0 saturated carbocycles. The van der Waals surface area contributed by atoms with Crippen LogP contribution in [0.3, 0.4) is 0 Å². The maximum atomic E-state index is 13.4. The molecule has 4 heteroatoms. The quantitative estimate of drug-likeness (QED) is 0.885. The van der Waals surface area contributed by atoms with Crippen LogP contribution in [0.1, 0.15) is 11.7 Å². The highest BCUT2D eigenvalue weighted by atomic mass is 35.5. The fourth-order valence-electron chi connectivity index (χ4n) is 1.67. The van der Waals surface area contributed by atoms with Gasteiger partial charge in [-0.05, 0) is 18.2 Å². The van der Waals surface area contributed by atoms with Crippen molar-refractivity contribution >= 4 is 17.3 Å². The van der Waals surface area contributed by atoms with E-state index in [1.54, 1.807) is 30.3 Å².